The van der Waals surface area contributed by atoms with E-state index in [-0.39, 0.29) is 9.90 Å². The largest absolute Gasteiger partial charge is 0.466 e. The van der Waals surface area contributed by atoms with Gasteiger partial charge in [0.15, 0.2) is 0 Å². The van der Waals surface area contributed by atoms with E-state index in [1.165, 1.54) is 0 Å². The van der Waals surface area contributed by atoms with Gasteiger partial charge in [0.1, 0.15) is 0 Å². The van der Waals surface area contributed by atoms with Crippen LogP contribution >= 0.6 is 17.7 Å². The number of rotatable bonds is 0. The Labute approximate surface area is 38.1 Å². The molecule has 0 aliphatic carbocycles. The van der Waals surface area contributed by atoms with Gasteiger partial charge >= 0.3 is 7.82 Å². The van der Waals surface area contributed by atoms with Crippen molar-refractivity contribution >= 4 is 17.7 Å². The molecule has 0 bridgehead atoms. The second-order valence-electron chi connectivity index (χ2n) is 0.513. The van der Waals surface area contributed by atoms with Gasteiger partial charge in [0.25, 0.3) is 0 Å². The van der Waals surface area contributed by atoms with Gasteiger partial charge in [-0.1, -0.05) is 0 Å². The van der Waals surface area contributed by atoms with Crippen molar-refractivity contribution in [3.63, 3.8) is 0 Å². The lowest BCUT2D eigenvalue weighted by molar-refractivity contribution is 0.275. The van der Waals surface area contributed by atoms with Crippen molar-refractivity contribution in [3.05, 3.63) is 0 Å². The van der Waals surface area contributed by atoms with Crippen LogP contribution < -0.4 is 0 Å². The molecule has 0 spiro atoms. The number of hydrogen-bond donors (Lipinski definition) is 3. The molecule has 6 heavy (non-hydrogen) atoms. The van der Waals surface area contributed by atoms with E-state index in [1.54, 1.807) is 0 Å². The zero-order chi connectivity index (χ0) is 4.50. The first kappa shape index (κ1) is 9.74. The van der Waals surface area contributed by atoms with E-state index in [0.717, 1.165) is 0 Å². The van der Waals surface area contributed by atoms with Gasteiger partial charge in [-0.2, -0.15) is 9.90 Å². The van der Waals surface area contributed by atoms with E-state index in [4.69, 9.17) is 19.2 Å². The maximum absolute atomic E-state index is 8.88. The Bertz CT molecular complexity index is 51.7. The minimum atomic E-state index is -4.64. The molecule has 0 aromatic rings. The lowest BCUT2D eigenvalue weighted by Crippen LogP contribution is -1.66. The Morgan fingerprint density at radius 3 is 1.17 bits per heavy atom. The average Bonchev–Trinajstić information content (AvgIpc) is 0.722. The van der Waals surface area contributed by atoms with Gasteiger partial charge in [-0.25, -0.2) is 4.57 Å². The number of hydrogen-bond acceptors (Lipinski definition) is 1. The van der Waals surface area contributed by atoms with Gasteiger partial charge in [-0.05, 0) is 0 Å². The van der Waals surface area contributed by atoms with Gasteiger partial charge in [-0.15, -0.1) is 0 Å². The molecule has 0 aliphatic heterocycles. The SMILES string of the molecule is O=P(O)(O)O.[100PH3]. The summed E-state index contributed by atoms with van der Waals surface area (Å²) in [6.45, 7) is 0. The summed E-state index contributed by atoms with van der Waals surface area (Å²) in [6, 6.07) is 0. The van der Waals surface area contributed by atoms with E-state index in [2.05, 4.69) is 0 Å². The van der Waals surface area contributed by atoms with Crippen molar-refractivity contribution < 1.29 is 19.2 Å². The van der Waals surface area contributed by atoms with Crippen molar-refractivity contribution in [2.75, 3.05) is 0 Å². The normalized spacial score (nSPS) is 9.83. The molecule has 1 unspecified atom stereocenters. The van der Waals surface area contributed by atoms with E-state index < -0.39 is 7.82 Å². The molecule has 0 heterocycles. The first-order valence-electron chi connectivity index (χ1n) is 0.783. The third-order valence-corrected chi connectivity index (χ3v) is 0. The Balaban J connectivity index is 0. The molecule has 0 fully saturated rings. The van der Waals surface area contributed by atoms with Crippen LogP contribution in [-0.4, -0.2) is 14.7 Å². The summed E-state index contributed by atoms with van der Waals surface area (Å²) in [5.74, 6) is 0. The van der Waals surface area contributed by atoms with Crippen molar-refractivity contribution in [2.45, 2.75) is 0 Å². The highest BCUT2D eigenvalue weighted by atomic mass is 100. The van der Waals surface area contributed by atoms with Crippen molar-refractivity contribution in [1.82, 2.24) is 0 Å². The quantitative estimate of drug-likeness (QED) is 0.445. The Morgan fingerprint density at radius 1 is 1.17 bits per heavy atom. The maximum atomic E-state index is 8.88. The summed E-state index contributed by atoms with van der Waals surface area (Å²) in [6.07, 6.45) is 0. The number of phosphoric acid groups is 1. The summed E-state index contributed by atoms with van der Waals surface area (Å²) in [5.41, 5.74) is 0. The summed E-state index contributed by atoms with van der Waals surface area (Å²) in [7, 11) is -4.64. The highest BCUT2D eigenvalue weighted by molar-refractivity contribution is 7.45. The van der Waals surface area contributed by atoms with Crippen molar-refractivity contribution in [2.24, 2.45) is 0 Å². The lowest BCUT2D eigenvalue weighted by Gasteiger charge is -1.82. The molecule has 1 atom stereocenters. The van der Waals surface area contributed by atoms with Crippen LogP contribution in [0.5, 0.6) is 0 Å². The molecule has 0 saturated carbocycles. The third-order valence-electron chi connectivity index (χ3n) is 0. The summed E-state index contributed by atoms with van der Waals surface area (Å²) >= 11 is 0. The summed E-state index contributed by atoms with van der Waals surface area (Å²) in [4.78, 5) is 21.6. The van der Waals surface area contributed by atoms with Crippen LogP contribution in [0, 0.1) is 0 Å². The topological polar surface area (TPSA) is 77.8 Å². The Hall–Kier alpha value is 0.540. The van der Waals surface area contributed by atoms with Crippen molar-refractivity contribution in [3.8, 4) is 0 Å². The molecule has 40 valence electrons. The van der Waals surface area contributed by atoms with Crippen LogP contribution in [0.15, 0.2) is 0 Å². The molecular formula is H6O4P2. The van der Waals surface area contributed by atoms with Crippen LogP contribution in [0.3, 0.4) is 0 Å². The zero-order valence-corrected chi connectivity index (χ0v) is 5.21. The zero-order valence-electron chi connectivity index (χ0n) is 2.90. The fourth-order valence-electron chi connectivity index (χ4n) is 0. The smallest absolute Gasteiger partial charge is 0.303 e. The minimum absolute atomic E-state index is 0. The fraction of sp³-hybridized carbons (Fsp3) is 0. The summed E-state index contributed by atoms with van der Waals surface area (Å²) in [5, 5.41) is 0. The highest BCUT2D eigenvalue weighted by Gasteiger charge is 2.00. The van der Waals surface area contributed by atoms with Crippen LogP contribution in [-0.2, 0) is 4.57 Å². The summed E-state index contributed by atoms with van der Waals surface area (Å²) < 4.78 is 8.88. The first-order chi connectivity index (χ1) is 2.00. The van der Waals surface area contributed by atoms with Gasteiger partial charge in [0.2, 0.25) is 0 Å². The molecule has 0 aliphatic rings. The van der Waals surface area contributed by atoms with Crippen LogP contribution in [0.4, 0.5) is 0 Å². The molecular weight excluding hydrogens is 195 g/mol. The molecule has 0 saturated heterocycles. The van der Waals surface area contributed by atoms with Gasteiger partial charge in [0, 0.05) is 0 Å². The maximum Gasteiger partial charge on any atom is 0.466 e. The van der Waals surface area contributed by atoms with E-state index in [0.29, 0.717) is 0 Å². The molecule has 4 nitrogen and oxygen atoms in total. The molecule has 6 heteroatoms. The van der Waals surface area contributed by atoms with Gasteiger partial charge in [0.05, 0.1) is 0 Å². The second-order valence-corrected chi connectivity index (χ2v) is 1.54. The molecule has 0 rings (SSSR count). The minimum Gasteiger partial charge on any atom is -0.303 e. The molecule has 3 N–H and O–H groups in total. The molecule has 0 aromatic carbocycles. The Kier molecular flexibility index (Phi) is 4.33. The highest BCUT2D eigenvalue weighted by Crippen LogP contribution is 2.25. The van der Waals surface area contributed by atoms with Crippen LogP contribution in [0.25, 0.3) is 0 Å². The monoisotopic (exact) mass is 201 g/mol. The first-order valence-corrected chi connectivity index (χ1v) is 2.35. The Morgan fingerprint density at radius 2 is 1.17 bits per heavy atom. The van der Waals surface area contributed by atoms with Crippen LogP contribution in [0.1, 0.15) is 0 Å². The van der Waals surface area contributed by atoms with E-state index in [9.17, 15) is 0 Å². The average molecular weight is 201 g/mol. The third kappa shape index (κ3) is 195. The molecule has 0 amide bonds. The molecule has 0 aromatic heterocycles. The van der Waals surface area contributed by atoms with Crippen LogP contribution in [0.2, 0.25) is 0 Å². The predicted octanol–water partition coefficient (Wildman–Crippen LogP) is -0.871. The fourth-order valence-corrected chi connectivity index (χ4v) is 0. The van der Waals surface area contributed by atoms with Gasteiger partial charge in [-0.3, -0.25) is 0 Å². The van der Waals surface area contributed by atoms with Crippen molar-refractivity contribution in [1.29, 1.82) is 0 Å². The second kappa shape index (κ2) is 2.67. The standard InChI is InChI=1S/H3O4P.H3P/c1-5(2,3)4;/h(H3,1,2,3,4);1H3/i;1+69. The van der Waals surface area contributed by atoms with Gasteiger partial charge < -0.3 is 14.7 Å². The lowest BCUT2D eigenvalue weighted by atomic mass is 15.8. The molecule has 0 radical (unpaired) electrons. The van der Waals surface area contributed by atoms with E-state index >= 15 is 0 Å². The van der Waals surface area contributed by atoms with E-state index in [1.807, 2.05) is 0 Å². The predicted molar refractivity (Wildman–Crippen MR) is 25.4 cm³/mol.